The maximum absolute atomic E-state index is 10.3. The average molecular weight is 454 g/mol. The van der Waals surface area contributed by atoms with Gasteiger partial charge in [-0.3, -0.25) is 0 Å². The Hall–Kier alpha value is -2.30. The number of halogens is 1. The smallest absolute Gasteiger partial charge is 0.132 e. The van der Waals surface area contributed by atoms with Crippen molar-refractivity contribution in [2.24, 2.45) is 0 Å². The Morgan fingerprint density at radius 2 is 1.55 bits per heavy atom. The molecule has 29 heavy (non-hydrogen) atoms. The third kappa shape index (κ3) is 4.82. The molecule has 1 unspecified atom stereocenters. The molecule has 2 N–H and O–H groups in total. The Balaban J connectivity index is 0.00000240. The van der Waals surface area contributed by atoms with Crippen molar-refractivity contribution in [1.29, 1.82) is 0 Å². The van der Waals surface area contributed by atoms with E-state index in [1.54, 1.807) is 6.07 Å². The highest BCUT2D eigenvalue weighted by molar-refractivity contribution is 5.48. The third-order valence-electron chi connectivity index (χ3n) is 5.85. The van der Waals surface area contributed by atoms with Crippen LogP contribution in [0.4, 0.5) is 0 Å². The van der Waals surface area contributed by atoms with E-state index in [9.17, 15) is 5.11 Å². The molecule has 0 saturated heterocycles. The van der Waals surface area contributed by atoms with Crippen LogP contribution in [-0.2, 0) is 19.6 Å². The van der Waals surface area contributed by atoms with Crippen molar-refractivity contribution in [2.45, 2.75) is 45.5 Å². The maximum atomic E-state index is 10.3. The molecule has 4 heteroatoms. The predicted octanol–water partition coefficient (Wildman–Crippen LogP) is 1.07. The lowest BCUT2D eigenvalue weighted by Crippen LogP contribution is -3.15. The van der Waals surface area contributed by atoms with Gasteiger partial charge in [-0.1, -0.05) is 60.7 Å². The lowest BCUT2D eigenvalue weighted by molar-refractivity contribution is -0.967. The first-order chi connectivity index (χ1) is 13.6. The molecule has 0 fully saturated rings. The normalized spacial score (nSPS) is 20.4. The van der Waals surface area contributed by atoms with Gasteiger partial charge in [0.1, 0.15) is 30.7 Å². The Labute approximate surface area is 183 Å². The molecule has 0 radical (unpaired) electrons. The molecular weight excluding hydrogens is 426 g/mol. The van der Waals surface area contributed by atoms with Crippen molar-refractivity contribution < 1.29 is 31.7 Å². The van der Waals surface area contributed by atoms with E-state index in [-0.39, 0.29) is 22.7 Å². The Morgan fingerprint density at radius 3 is 2.21 bits per heavy atom. The summed E-state index contributed by atoms with van der Waals surface area (Å²) in [5.41, 5.74) is 4.92. The van der Waals surface area contributed by atoms with Crippen molar-refractivity contribution in [2.75, 3.05) is 0 Å². The van der Waals surface area contributed by atoms with Crippen LogP contribution in [-0.4, -0.2) is 11.1 Å². The molecule has 1 aliphatic rings. The van der Waals surface area contributed by atoms with E-state index in [0.29, 0.717) is 18.7 Å². The van der Waals surface area contributed by atoms with Crippen molar-refractivity contribution >= 4 is 0 Å². The first-order valence-corrected chi connectivity index (χ1v) is 10.0. The molecule has 0 amide bonds. The summed E-state index contributed by atoms with van der Waals surface area (Å²) in [6.45, 7) is 6.07. The number of rotatable bonds is 5. The molecule has 3 aromatic rings. The van der Waals surface area contributed by atoms with Gasteiger partial charge in [-0.05, 0) is 31.0 Å². The standard InChI is InChI=1S/C25H27NO2.BrH/c1-18-13-22-14-23(27)15-24(28-17-21-11-7-4-8-12-21)25(22)19(2)26(18)16-20-9-5-3-6-10-20;/h3-12,14-15,18-19,27H,13,16-17H2,1-2H3;1H/t18-,19-;/m1./s1. The first-order valence-electron chi connectivity index (χ1n) is 10.0. The zero-order chi connectivity index (χ0) is 19.5. The fourth-order valence-corrected chi connectivity index (χ4v) is 4.42. The summed E-state index contributed by atoms with van der Waals surface area (Å²) >= 11 is 0. The monoisotopic (exact) mass is 453 g/mol. The summed E-state index contributed by atoms with van der Waals surface area (Å²) in [5.74, 6) is 1.09. The minimum absolute atomic E-state index is 0. The van der Waals surface area contributed by atoms with Gasteiger partial charge in [0.15, 0.2) is 0 Å². The summed E-state index contributed by atoms with van der Waals surface area (Å²) in [6, 6.07) is 25.3. The fourth-order valence-electron chi connectivity index (χ4n) is 4.42. The molecule has 4 rings (SSSR count). The van der Waals surface area contributed by atoms with Crippen molar-refractivity contribution in [3.8, 4) is 11.5 Å². The number of quaternary nitrogens is 1. The number of nitrogens with one attached hydrogen (secondary N) is 1. The highest BCUT2D eigenvalue weighted by Crippen LogP contribution is 2.35. The Morgan fingerprint density at radius 1 is 0.931 bits per heavy atom. The second-order valence-electron chi connectivity index (χ2n) is 7.86. The Kier molecular flexibility index (Phi) is 6.99. The van der Waals surface area contributed by atoms with Crippen LogP contribution >= 0.6 is 0 Å². The van der Waals surface area contributed by atoms with Crippen LogP contribution in [0.25, 0.3) is 0 Å². The highest BCUT2D eigenvalue weighted by Gasteiger charge is 2.35. The van der Waals surface area contributed by atoms with Gasteiger partial charge in [0.05, 0.1) is 11.6 Å². The zero-order valence-electron chi connectivity index (χ0n) is 16.9. The minimum atomic E-state index is 0. The molecule has 0 aliphatic carbocycles. The van der Waals surface area contributed by atoms with Crippen molar-refractivity contribution in [1.82, 2.24) is 0 Å². The van der Waals surface area contributed by atoms with Gasteiger partial charge in [0.25, 0.3) is 0 Å². The molecule has 3 atom stereocenters. The van der Waals surface area contributed by atoms with E-state index in [4.69, 9.17) is 4.74 Å². The summed E-state index contributed by atoms with van der Waals surface area (Å²) in [7, 11) is 0. The lowest BCUT2D eigenvalue weighted by atomic mass is 9.88. The number of fused-ring (bicyclic) bond motifs is 1. The van der Waals surface area contributed by atoms with Gasteiger partial charge in [-0.2, -0.15) is 0 Å². The van der Waals surface area contributed by atoms with Gasteiger partial charge < -0.3 is 31.7 Å². The zero-order valence-corrected chi connectivity index (χ0v) is 18.5. The molecule has 0 aromatic heterocycles. The van der Waals surface area contributed by atoms with Gasteiger partial charge in [-0.15, -0.1) is 0 Å². The molecule has 1 heterocycles. The quantitative estimate of drug-likeness (QED) is 0.605. The lowest BCUT2D eigenvalue weighted by Gasteiger charge is -2.38. The number of benzene rings is 3. The summed E-state index contributed by atoms with van der Waals surface area (Å²) in [6.07, 6.45) is 0.942. The van der Waals surface area contributed by atoms with Gasteiger partial charge in [0, 0.05) is 18.1 Å². The largest absolute Gasteiger partial charge is 1.00 e. The van der Waals surface area contributed by atoms with Gasteiger partial charge in [-0.25, -0.2) is 0 Å². The summed E-state index contributed by atoms with van der Waals surface area (Å²) < 4.78 is 6.20. The number of aromatic hydroxyl groups is 1. The summed E-state index contributed by atoms with van der Waals surface area (Å²) in [5, 5.41) is 10.3. The van der Waals surface area contributed by atoms with E-state index in [2.05, 4.69) is 56.3 Å². The van der Waals surface area contributed by atoms with E-state index in [0.717, 1.165) is 24.3 Å². The topological polar surface area (TPSA) is 33.9 Å². The van der Waals surface area contributed by atoms with E-state index < -0.39 is 0 Å². The molecule has 3 aromatic carbocycles. The van der Waals surface area contributed by atoms with Crippen molar-refractivity contribution in [3.05, 3.63) is 95.1 Å². The SMILES string of the molecule is C[C@@H]1Cc2cc(O)cc(OCc3ccccc3)c2[C@@H](C)[NH+]1Cc1ccccc1.[Br-]. The second kappa shape index (κ2) is 9.47. The number of hydrogen-bond donors (Lipinski definition) is 2. The molecule has 0 spiro atoms. The van der Waals surface area contributed by atoms with Crippen LogP contribution in [0, 0.1) is 0 Å². The molecule has 3 nitrogen and oxygen atoms in total. The van der Waals surface area contributed by atoms with Crippen LogP contribution in [0.1, 0.15) is 42.1 Å². The van der Waals surface area contributed by atoms with Crippen molar-refractivity contribution in [3.63, 3.8) is 0 Å². The predicted molar refractivity (Wildman–Crippen MR) is 112 cm³/mol. The number of phenols is 1. The van der Waals surface area contributed by atoms with Crippen LogP contribution in [0.15, 0.2) is 72.8 Å². The first kappa shape index (κ1) is 21.4. The van der Waals surface area contributed by atoms with Gasteiger partial charge >= 0.3 is 0 Å². The van der Waals surface area contributed by atoms with Crippen LogP contribution in [0.3, 0.4) is 0 Å². The van der Waals surface area contributed by atoms with E-state index in [1.165, 1.54) is 21.6 Å². The second-order valence-corrected chi connectivity index (χ2v) is 7.86. The molecule has 0 bridgehead atoms. The van der Waals surface area contributed by atoms with Crippen LogP contribution in [0.2, 0.25) is 0 Å². The number of phenolic OH excluding ortho intramolecular Hbond substituents is 1. The average Bonchev–Trinajstić information content (AvgIpc) is 2.70. The number of ether oxygens (including phenoxy) is 1. The van der Waals surface area contributed by atoms with Crippen LogP contribution < -0.4 is 26.6 Å². The number of hydrogen-bond acceptors (Lipinski definition) is 2. The summed E-state index contributed by atoms with van der Waals surface area (Å²) in [4.78, 5) is 1.54. The van der Waals surface area contributed by atoms with Crippen LogP contribution in [0.5, 0.6) is 11.5 Å². The fraction of sp³-hybridized carbons (Fsp3) is 0.280. The highest BCUT2D eigenvalue weighted by atomic mass is 79.9. The Bertz CT molecular complexity index is 930. The van der Waals surface area contributed by atoms with Gasteiger partial charge in [0.2, 0.25) is 0 Å². The van der Waals surface area contributed by atoms with E-state index >= 15 is 0 Å². The van der Waals surface area contributed by atoms with E-state index in [1.807, 2.05) is 24.3 Å². The molecule has 152 valence electrons. The minimum Gasteiger partial charge on any atom is -1.00 e. The molecule has 1 aliphatic heterocycles. The molecule has 0 saturated carbocycles. The third-order valence-corrected chi connectivity index (χ3v) is 5.85. The molecular formula is C25H28BrNO2. The maximum Gasteiger partial charge on any atom is 0.132 e.